The molecule has 1 heterocycles. The van der Waals surface area contributed by atoms with Crippen LogP contribution in [0.2, 0.25) is 18.1 Å². The second-order valence-electron chi connectivity index (χ2n) is 12.9. The molecular formula is C29H56O6Si. The van der Waals surface area contributed by atoms with Crippen molar-refractivity contribution in [1.82, 2.24) is 0 Å². The summed E-state index contributed by atoms with van der Waals surface area (Å²) in [5.74, 6) is 0.349. The van der Waals surface area contributed by atoms with Gasteiger partial charge in [-0.3, -0.25) is 4.79 Å². The zero-order valence-corrected chi connectivity index (χ0v) is 25.4. The van der Waals surface area contributed by atoms with Crippen LogP contribution in [0.5, 0.6) is 0 Å². The Kier molecular flexibility index (Phi) is 13.4. The van der Waals surface area contributed by atoms with Gasteiger partial charge in [-0.25, -0.2) is 0 Å². The standard InChI is InChI=1S/C29H56O6Si/c1-22(2)34-27(31)17-13-11-9-8-10-12-16-23-24(21-33-36(6,7)29(3,4)5)26(20-25(23)30)35-28-18-14-15-19-32-28/h22-26,28,30H,8-21H2,1-7H3/t23?,24-,25+,26+,28?/m0/s1. The maximum absolute atomic E-state index is 11.6. The molecule has 1 saturated heterocycles. The third kappa shape index (κ3) is 10.7. The summed E-state index contributed by atoms with van der Waals surface area (Å²) < 4.78 is 24.2. The Labute approximate surface area is 222 Å². The highest BCUT2D eigenvalue weighted by molar-refractivity contribution is 6.74. The van der Waals surface area contributed by atoms with E-state index in [4.69, 9.17) is 18.6 Å². The molecule has 0 aromatic rings. The molecule has 7 heteroatoms. The van der Waals surface area contributed by atoms with Crippen LogP contribution >= 0.6 is 0 Å². The highest BCUT2D eigenvalue weighted by atomic mass is 28.4. The van der Waals surface area contributed by atoms with E-state index in [0.29, 0.717) is 19.4 Å². The van der Waals surface area contributed by atoms with Gasteiger partial charge in [0.1, 0.15) is 0 Å². The summed E-state index contributed by atoms with van der Waals surface area (Å²) in [6.07, 6.45) is 11.5. The fourth-order valence-electron chi connectivity index (χ4n) is 5.16. The summed E-state index contributed by atoms with van der Waals surface area (Å²) >= 11 is 0. The van der Waals surface area contributed by atoms with E-state index in [1.54, 1.807) is 0 Å². The van der Waals surface area contributed by atoms with Gasteiger partial charge >= 0.3 is 5.97 Å². The van der Waals surface area contributed by atoms with Crippen LogP contribution in [0.3, 0.4) is 0 Å². The van der Waals surface area contributed by atoms with Crippen LogP contribution in [0.25, 0.3) is 0 Å². The van der Waals surface area contributed by atoms with Gasteiger partial charge in [0, 0.05) is 32.0 Å². The van der Waals surface area contributed by atoms with Crippen molar-refractivity contribution in [2.75, 3.05) is 13.2 Å². The molecule has 5 atom stereocenters. The number of carbonyl (C=O) groups excluding carboxylic acids is 1. The van der Waals surface area contributed by atoms with Crippen LogP contribution in [0, 0.1) is 11.8 Å². The molecule has 0 amide bonds. The first kappa shape index (κ1) is 31.7. The molecule has 1 aliphatic carbocycles. The van der Waals surface area contributed by atoms with E-state index >= 15 is 0 Å². The molecule has 2 unspecified atom stereocenters. The summed E-state index contributed by atoms with van der Waals surface area (Å²) in [6.45, 7) is 16.6. The highest BCUT2D eigenvalue weighted by Crippen LogP contribution is 2.42. The minimum atomic E-state index is -1.88. The third-order valence-corrected chi connectivity index (χ3v) is 12.9. The van der Waals surface area contributed by atoms with Crippen LogP contribution in [0.15, 0.2) is 0 Å². The van der Waals surface area contributed by atoms with Crippen LogP contribution in [0.4, 0.5) is 0 Å². The van der Waals surface area contributed by atoms with Crippen molar-refractivity contribution in [2.24, 2.45) is 11.8 Å². The lowest BCUT2D eigenvalue weighted by Crippen LogP contribution is -2.44. The summed E-state index contributed by atoms with van der Waals surface area (Å²) in [5, 5.41) is 11.2. The molecule has 0 radical (unpaired) electrons. The fourth-order valence-corrected chi connectivity index (χ4v) is 6.20. The predicted molar refractivity (Wildman–Crippen MR) is 147 cm³/mol. The number of rotatable bonds is 15. The van der Waals surface area contributed by atoms with E-state index in [0.717, 1.165) is 64.4 Å². The second-order valence-corrected chi connectivity index (χ2v) is 17.7. The van der Waals surface area contributed by atoms with Gasteiger partial charge in [-0.1, -0.05) is 52.9 Å². The summed E-state index contributed by atoms with van der Waals surface area (Å²) in [5.41, 5.74) is 0. The SMILES string of the molecule is CC(C)OC(=O)CCCCCCCCC1[C@H](O)C[C@@H](OC2CCCCO2)[C@H]1CO[Si](C)(C)C(C)(C)C. The Morgan fingerprint density at radius 3 is 2.31 bits per heavy atom. The van der Waals surface area contributed by atoms with Gasteiger partial charge in [0.05, 0.1) is 18.3 Å². The van der Waals surface area contributed by atoms with Crippen molar-refractivity contribution in [3.8, 4) is 0 Å². The van der Waals surface area contributed by atoms with Crippen molar-refractivity contribution in [1.29, 1.82) is 0 Å². The van der Waals surface area contributed by atoms with Crippen molar-refractivity contribution in [3.63, 3.8) is 0 Å². The van der Waals surface area contributed by atoms with Crippen molar-refractivity contribution < 1.29 is 28.5 Å². The molecule has 36 heavy (non-hydrogen) atoms. The number of hydrogen-bond acceptors (Lipinski definition) is 6. The quantitative estimate of drug-likeness (QED) is 0.140. The van der Waals surface area contributed by atoms with Crippen LogP contribution in [-0.2, 0) is 23.4 Å². The summed E-state index contributed by atoms with van der Waals surface area (Å²) in [6, 6.07) is 0. The molecule has 1 N–H and O–H groups in total. The second kappa shape index (κ2) is 15.2. The lowest BCUT2D eigenvalue weighted by atomic mass is 9.89. The lowest BCUT2D eigenvalue weighted by Gasteiger charge is -2.38. The molecular weight excluding hydrogens is 472 g/mol. The van der Waals surface area contributed by atoms with E-state index < -0.39 is 8.32 Å². The van der Waals surface area contributed by atoms with Crippen molar-refractivity contribution >= 4 is 14.3 Å². The fraction of sp³-hybridized carbons (Fsp3) is 0.966. The first-order valence-electron chi connectivity index (χ1n) is 14.7. The molecule has 0 aromatic carbocycles. The van der Waals surface area contributed by atoms with E-state index in [1.807, 2.05) is 13.8 Å². The smallest absolute Gasteiger partial charge is 0.306 e. The van der Waals surface area contributed by atoms with Gasteiger partial charge in [-0.2, -0.15) is 0 Å². The van der Waals surface area contributed by atoms with Crippen molar-refractivity contribution in [3.05, 3.63) is 0 Å². The molecule has 0 spiro atoms. The van der Waals surface area contributed by atoms with Gasteiger partial charge in [-0.15, -0.1) is 0 Å². The number of ether oxygens (including phenoxy) is 3. The average molecular weight is 529 g/mol. The van der Waals surface area contributed by atoms with Crippen molar-refractivity contribution in [2.45, 2.75) is 154 Å². The number of aliphatic hydroxyl groups is 1. The first-order chi connectivity index (χ1) is 16.9. The molecule has 212 valence electrons. The van der Waals surface area contributed by atoms with Gasteiger partial charge in [0.15, 0.2) is 14.6 Å². The highest BCUT2D eigenvalue weighted by Gasteiger charge is 2.46. The third-order valence-electron chi connectivity index (χ3n) is 8.44. The number of esters is 1. The van der Waals surface area contributed by atoms with Crippen LogP contribution < -0.4 is 0 Å². The molecule has 1 aliphatic heterocycles. The molecule has 2 fully saturated rings. The van der Waals surface area contributed by atoms with Crippen LogP contribution in [-0.4, -0.2) is 57.2 Å². The molecule has 1 saturated carbocycles. The van der Waals surface area contributed by atoms with Crippen LogP contribution in [0.1, 0.15) is 112 Å². The molecule has 0 bridgehead atoms. The van der Waals surface area contributed by atoms with E-state index in [-0.39, 0.29) is 47.4 Å². The largest absolute Gasteiger partial charge is 0.463 e. The zero-order chi connectivity index (χ0) is 26.8. The normalized spacial score (nSPS) is 27.5. The Hall–Kier alpha value is -0.473. The summed E-state index contributed by atoms with van der Waals surface area (Å²) in [7, 11) is -1.88. The van der Waals surface area contributed by atoms with E-state index in [1.165, 1.54) is 6.42 Å². The Morgan fingerprint density at radius 1 is 1.03 bits per heavy atom. The molecule has 0 aromatic heterocycles. The minimum absolute atomic E-state index is 0.00321. The predicted octanol–water partition coefficient (Wildman–Crippen LogP) is 6.99. The van der Waals surface area contributed by atoms with Gasteiger partial charge in [-0.05, 0) is 70.0 Å². The number of hydrogen-bond donors (Lipinski definition) is 1. The lowest BCUT2D eigenvalue weighted by molar-refractivity contribution is -0.197. The van der Waals surface area contributed by atoms with Gasteiger partial charge < -0.3 is 23.7 Å². The Morgan fingerprint density at radius 2 is 1.69 bits per heavy atom. The van der Waals surface area contributed by atoms with Gasteiger partial charge in [0.2, 0.25) is 0 Å². The van der Waals surface area contributed by atoms with E-state index in [9.17, 15) is 9.90 Å². The maximum Gasteiger partial charge on any atom is 0.306 e. The average Bonchev–Trinajstić information content (AvgIpc) is 3.07. The van der Waals surface area contributed by atoms with Gasteiger partial charge in [0.25, 0.3) is 0 Å². The maximum atomic E-state index is 11.6. The molecule has 6 nitrogen and oxygen atoms in total. The minimum Gasteiger partial charge on any atom is -0.463 e. The Balaban J connectivity index is 1.81. The number of unbranched alkanes of at least 4 members (excludes halogenated alkanes) is 5. The molecule has 2 aliphatic rings. The summed E-state index contributed by atoms with van der Waals surface area (Å²) in [4.78, 5) is 11.6. The monoisotopic (exact) mass is 528 g/mol. The number of aliphatic hydroxyl groups excluding tert-OH is 1. The topological polar surface area (TPSA) is 74.2 Å². The zero-order valence-electron chi connectivity index (χ0n) is 24.4. The van der Waals surface area contributed by atoms with E-state index in [2.05, 4.69) is 33.9 Å². The first-order valence-corrected chi connectivity index (χ1v) is 17.6. The Bertz CT molecular complexity index is 626. The molecule has 2 rings (SSSR count). The number of carbonyl (C=O) groups is 1.